The minimum Gasteiger partial charge on any atom is -0.423 e. The Bertz CT molecular complexity index is 1180. The number of rotatable bonds is 8. The Balaban J connectivity index is 1.30. The molecule has 6 heteroatoms. The second-order valence-electron chi connectivity index (χ2n) is 11.4. The number of nitrogens with one attached hydrogen (secondary N) is 1. The molecule has 1 fully saturated rings. The van der Waals surface area contributed by atoms with Crippen molar-refractivity contribution in [2.75, 3.05) is 13.1 Å². The average Bonchev–Trinajstić information content (AvgIpc) is 2.92. The lowest BCUT2D eigenvalue weighted by molar-refractivity contribution is -0.0501. The third-order valence-corrected chi connectivity index (χ3v) is 7.41. The van der Waals surface area contributed by atoms with Gasteiger partial charge in [0, 0.05) is 31.2 Å². The highest BCUT2D eigenvalue weighted by Crippen LogP contribution is 2.35. The Morgan fingerprint density at radius 3 is 2.16 bits per heavy atom. The van der Waals surface area contributed by atoms with Gasteiger partial charge in [0.05, 0.1) is 17.3 Å². The van der Waals surface area contributed by atoms with Gasteiger partial charge in [-0.25, -0.2) is 4.79 Å². The average molecular weight is 517 g/mol. The summed E-state index contributed by atoms with van der Waals surface area (Å²) >= 11 is 0. The highest BCUT2D eigenvalue weighted by atomic mass is 16.5. The van der Waals surface area contributed by atoms with E-state index in [1.165, 1.54) is 0 Å². The molecule has 3 aromatic rings. The van der Waals surface area contributed by atoms with Crippen LogP contribution in [0.4, 0.5) is 0 Å². The third kappa shape index (κ3) is 7.08. The Morgan fingerprint density at radius 2 is 1.58 bits per heavy atom. The van der Waals surface area contributed by atoms with Crippen LogP contribution in [-0.4, -0.2) is 45.8 Å². The Labute approximate surface area is 226 Å². The van der Waals surface area contributed by atoms with Crippen LogP contribution in [0.1, 0.15) is 73.7 Å². The molecule has 0 spiro atoms. The molecular weight excluding hydrogens is 476 g/mol. The number of nitrogens with zero attached hydrogens (tertiary/aromatic N) is 1. The van der Waals surface area contributed by atoms with E-state index in [0.717, 1.165) is 23.2 Å². The topological polar surface area (TPSA) is 82.0 Å². The van der Waals surface area contributed by atoms with E-state index >= 15 is 0 Å². The SMILES string of the molecule is C[C@H]([C@@H](O)c1ccc(OC(=O)c2ccc(CNC(C)(C)C)cc2)cc1)N1CCC(O)(c2ccccc2)CC1. The molecule has 1 saturated heterocycles. The van der Waals surface area contributed by atoms with Gasteiger partial charge in [-0.2, -0.15) is 0 Å². The minimum atomic E-state index is -0.822. The number of carbonyl (C=O) groups excluding carboxylic acids is 1. The Kier molecular flexibility index (Phi) is 8.68. The van der Waals surface area contributed by atoms with Gasteiger partial charge in [-0.3, -0.25) is 4.90 Å². The fraction of sp³-hybridized carbons (Fsp3) is 0.406. The summed E-state index contributed by atoms with van der Waals surface area (Å²) < 4.78 is 5.56. The Hall–Kier alpha value is -3.03. The first-order valence-electron chi connectivity index (χ1n) is 13.4. The molecule has 0 aromatic heterocycles. The first-order chi connectivity index (χ1) is 18.0. The first-order valence-corrected chi connectivity index (χ1v) is 13.4. The van der Waals surface area contributed by atoms with Crippen LogP contribution < -0.4 is 10.1 Å². The summed E-state index contributed by atoms with van der Waals surface area (Å²) in [4.78, 5) is 14.8. The van der Waals surface area contributed by atoms with Crippen LogP contribution in [0.2, 0.25) is 0 Å². The largest absolute Gasteiger partial charge is 0.423 e. The predicted molar refractivity (Wildman–Crippen MR) is 150 cm³/mol. The van der Waals surface area contributed by atoms with Crippen molar-refractivity contribution in [3.8, 4) is 5.75 Å². The van der Waals surface area contributed by atoms with Gasteiger partial charge in [-0.1, -0.05) is 54.6 Å². The highest BCUT2D eigenvalue weighted by molar-refractivity contribution is 5.91. The molecule has 3 N–H and O–H groups in total. The second kappa shape index (κ2) is 11.8. The number of ether oxygens (including phenoxy) is 1. The molecule has 38 heavy (non-hydrogen) atoms. The summed E-state index contributed by atoms with van der Waals surface area (Å²) in [5.74, 6) is 0.0178. The van der Waals surface area contributed by atoms with Gasteiger partial charge in [-0.15, -0.1) is 0 Å². The maximum Gasteiger partial charge on any atom is 0.343 e. The number of likely N-dealkylation sites (tertiary alicyclic amines) is 1. The van der Waals surface area contributed by atoms with E-state index in [1.54, 1.807) is 36.4 Å². The molecule has 0 amide bonds. The maximum atomic E-state index is 12.6. The van der Waals surface area contributed by atoms with Crippen LogP contribution >= 0.6 is 0 Å². The fourth-order valence-electron chi connectivity index (χ4n) is 4.84. The molecule has 0 saturated carbocycles. The summed E-state index contributed by atoms with van der Waals surface area (Å²) in [6.07, 6.45) is 0.547. The van der Waals surface area contributed by atoms with Crippen LogP contribution in [0.15, 0.2) is 78.9 Å². The third-order valence-electron chi connectivity index (χ3n) is 7.41. The van der Waals surface area contributed by atoms with Gasteiger partial charge in [-0.05, 0) is 81.5 Å². The van der Waals surface area contributed by atoms with Crippen molar-refractivity contribution in [3.63, 3.8) is 0 Å². The van der Waals surface area contributed by atoms with Crippen LogP contribution in [-0.2, 0) is 12.1 Å². The van der Waals surface area contributed by atoms with Crippen molar-refractivity contribution in [1.82, 2.24) is 10.2 Å². The van der Waals surface area contributed by atoms with E-state index in [2.05, 4.69) is 31.0 Å². The molecule has 3 aromatic carbocycles. The standard InChI is InChI=1S/C32H40N2O4/c1-23(34-20-18-32(37,19-21-34)27-8-6-5-7-9-27)29(35)25-14-16-28(17-15-25)38-30(36)26-12-10-24(11-13-26)22-33-31(2,3)4/h5-17,23,29,33,35,37H,18-22H2,1-4H3/t23-,29-/m1/s1. The van der Waals surface area contributed by atoms with E-state index in [9.17, 15) is 15.0 Å². The number of carbonyl (C=O) groups is 1. The molecule has 6 nitrogen and oxygen atoms in total. The van der Waals surface area contributed by atoms with Crippen molar-refractivity contribution in [3.05, 3.63) is 101 Å². The molecule has 1 heterocycles. The summed E-state index contributed by atoms with van der Waals surface area (Å²) in [7, 11) is 0. The van der Waals surface area contributed by atoms with Gasteiger partial charge >= 0.3 is 5.97 Å². The minimum absolute atomic E-state index is 0.0244. The number of aliphatic hydroxyl groups excluding tert-OH is 1. The van der Waals surface area contributed by atoms with Gasteiger partial charge < -0.3 is 20.3 Å². The highest BCUT2D eigenvalue weighted by Gasteiger charge is 2.36. The van der Waals surface area contributed by atoms with E-state index in [1.807, 2.05) is 49.4 Å². The van der Waals surface area contributed by atoms with Gasteiger partial charge in [0.2, 0.25) is 0 Å². The summed E-state index contributed by atoms with van der Waals surface area (Å²) in [5, 5.41) is 25.6. The van der Waals surface area contributed by atoms with Gasteiger partial charge in [0.25, 0.3) is 0 Å². The van der Waals surface area contributed by atoms with Crippen molar-refractivity contribution >= 4 is 5.97 Å². The van der Waals surface area contributed by atoms with Crippen LogP contribution in [0, 0.1) is 0 Å². The molecule has 1 aliphatic rings. The molecule has 1 aliphatic heterocycles. The smallest absolute Gasteiger partial charge is 0.343 e. The van der Waals surface area contributed by atoms with Gasteiger partial charge in [0.1, 0.15) is 5.75 Å². The number of piperidine rings is 1. The molecule has 0 bridgehead atoms. The lowest BCUT2D eigenvalue weighted by atomic mass is 9.83. The zero-order valence-electron chi connectivity index (χ0n) is 22.9. The molecular formula is C32H40N2O4. The van der Waals surface area contributed by atoms with Crippen LogP contribution in [0.5, 0.6) is 5.75 Å². The quantitative estimate of drug-likeness (QED) is 0.282. The molecule has 202 valence electrons. The lowest BCUT2D eigenvalue weighted by Crippen LogP contribution is -2.47. The molecule has 4 rings (SSSR count). The summed E-state index contributed by atoms with van der Waals surface area (Å²) in [6, 6.07) is 24.1. The van der Waals surface area contributed by atoms with E-state index < -0.39 is 17.7 Å². The lowest BCUT2D eigenvalue weighted by Gasteiger charge is -2.42. The summed E-state index contributed by atoms with van der Waals surface area (Å²) in [6.45, 7) is 10.5. The summed E-state index contributed by atoms with van der Waals surface area (Å²) in [5.41, 5.74) is 2.50. The van der Waals surface area contributed by atoms with Gasteiger partial charge in [0.15, 0.2) is 0 Å². The monoisotopic (exact) mass is 516 g/mol. The van der Waals surface area contributed by atoms with Crippen molar-refractivity contribution in [2.45, 2.75) is 70.4 Å². The van der Waals surface area contributed by atoms with Crippen molar-refractivity contribution < 1.29 is 19.7 Å². The maximum absolute atomic E-state index is 12.6. The molecule has 0 radical (unpaired) electrons. The van der Waals surface area contributed by atoms with E-state index in [-0.39, 0.29) is 11.6 Å². The molecule has 0 unspecified atom stereocenters. The zero-order chi connectivity index (χ0) is 27.3. The Morgan fingerprint density at radius 1 is 0.974 bits per heavy atom. The fourth-order valence-corrected chi connectivity index (χ4v) is 4.84. The van der Waals surface area contributed by atoms with Crippen molar-refractivity contribution in [2.24, 2.45) is 0 Å². The van der Waals surface area contributed by atoms with Crippen LogP contribution in [0.25, 0.3) is 0 Å². The first kappa shape index (κ1) is 28.0. The van der Waals surface area contributed by atoms with E-state index in [0.29, 0.717) is 37.2 Å². The van der Waals surface area contributed by atoms with Crippen molar-refractivity contribution in [1.29, 1.82) is 0 Å². The zero-order valence-corrected chi connectivity index (χ0v) is 22.9. The number of esters is 1. The second-order valence-corrected chi connectivity index (χ2v) is 11.4. The number of benzene rings is 3. The van der Waals surface area contributed by atoms with Crippen LogP contribution in [0.3, 0.4) is 0 Å². The van der Waals surface area contributed by atoms with E-state index in [4.69, 9.17) is 4.74 Å². The number of hydrogen-bond donors (Lipinski definition) is 3. The number of hydrogen-bond acceptors (Lipinski definition) is 6. The normalized spacial score (nSPS) is 17.5. The molecule has 2 atom stereocenters. The number of aliphatic hydroxyl groups is 2. The predicted octanol–water partition coefficient (Wildman–Crippen LogP) is 5.20. The molecule has 0 aliphatic carbocycles.